The molecule has 0 radical (unpaired) electrons. The number of rotatable bonds is 9. The van der Waals surface area contributed by atoms with E-state index in [0.717, 1.165) is 40.2 Å². The van der Waals surface area contributed by atoms with Crippen LogP contribution < -0.4 is 9.47 Å². The van der Waals surface area contributed by atoms with E-state index in [1.807, 2.05) is 0 Å². The van der Waals surface area contributed by atoms with Gasteiger partial charge in [-0.2, -0.15) is 9.98 Å². The van der Waals surface area contributed by atoms with Gasteiger partial charge in [0.2, 0.25) is 12.2 Å². The Kier molecular flexibility index (Phi) is 8.45. The Hall–Kier alpha value is -4.76. The number of isocyanates is 2. The van der Waals surface area contributed by atoms with Crippen LogP contribution in [0.4, 0.5) is 11.4 Å². The summed E-state index contributed by atoms with van der Waals surface area (Å²) >= 11 is 0. The van der Waals surface area contributed by atoms with Gasteiger partial charge in [-0.15, -0.1) is 0 Å². The Morgan fingerprint density at radius 2 is 0.950 bits per heavy atom. The van der Waals surface area contributed by atoms with Crippen LogP contribution in [-0.4, -0.2) is 12.2 Å². The second kappa shape index (κ2) is 12.0. The molecule has 0 atom stereocenters. The first-order valence-electron chi connectivity index (χ1n) is 13.1. The first kappa shape index (κ1) is 28.3. The van der Waals surface area contributed by atoms with Crippen molar-refractivity contribution in [1.82, 2.24) is 0 Å². The molecule has 4 aromatic rings. The molecule has 0 saturated carbocycles. The molecule has 4 rings (SSSR count). The number of hydrogen-bond acceptors (Lipinski definition) is 6. The summed E-state index contributed by atoms with van der Waals surface area (Å²) in [6.45, 7) is 12.7. The molecule has 0 bridgehead atoms. The summed E-state index contributed by atoms with van der Waals surface area (Å²) < 4.78 is 12.5. The Morgan fingerprint density at radius 1 is 0.625 bits per heavy atom. The largest absolute Gasteiger partial charge is 0.457 e. The van der Waals surface area contributed by atoms with Gasteiger partial charge < -0.3 is 9.47 Å². The minimum atomic E-state index is -0.231. The molecule has 0 aromatic heterocycles. The van der Waals surface area contributed by atoms with Crippen molar-refractivity contribution >= 4 is 23.5 Å². The number of ether oxygens (including phenoxy) is 2. The highest BCUT2D eigenvalue weighted by Crippen LogP contribution is 2.42. The number of nitrogens with zero attached hydrogens (tertiary/aromatic N) is 2. The SMILES string of the molecule is CCC(C)(c1cc(C)c(Oc2ccc(N=C=O)cc2)c(C)c1)c1cc(C)c(Oc2ccc(N=C=O)cc2)c(C)c1. The molecule has 0 amide bonds. The third-order valence-corrected chi connectivity index (χ3v) is 7.36. The van der Waals surface area contributed by atoms with Crippen molar-refractivity contribution in [2.24, 2.45) is 9.98 Å². The van der Waals surface area contributed by atoms with Crippen molar-refractivity contribution in [2.45, 2.75) is 53.4 Å². The third-order valence-electron chi connectivity index (χ3n) is 7.36. The second-order valence-corrected chi connectivity index (χ2v) is 10.2. The van der Waals surface area contributed by atoms with Crippen LogP contribution >= 0.6 is 0 Å². The van der Waals surface area contributed by atoms with Crippen LogP contribution in [0.3, 0.4) is 0 Å². The lowest BCUT2D eigenvalue weighted by molar-refractivity contribution is 0.471. The molecule has 0 N–H and O–H groups in total. The van der Waals surface area contributed by atoms with Crippen LogP contribution in [0.1, 0.15) is 53.6 Å². The molecule has 6 nitrogen and oxygen atoms in total. The van der Waals surface area contributed by atoms with E-state index >= 15 is 0 Å². The monoisotopic (exact) mass is 532 g/mol. The van der Waals surface area contributed by atoms with Gasteiger partial charge >= 0.3 is 0 Å². The van der Waals surface area contributed by atoms with Crippen LogP contribution in [0.15, 0.2) is 82.8 Å². The number of hydrogen-bond donors (Lipinski definition) is 0. The van der Waals surface area contributed by atoms with E-state index in [1.165, 1.54) is 11.1 Å². The highest BCUT2D eigenvalue weighted by molar-refractivity contribution is 5.56. The lowest BCUT2D eigenvalue weighted by Crippen LogP contribution is -2.23. The van der Waals surface area contributed by atoms with Gasteiger partial charge in [-0.3, -0.25) is 0 Å². The summed E-state index contributed by atoms with van der Waals surface area (Å²) in [5.41, 5.74) is 7.44. The van der Waals surface area contributed by atoms with Crippen LogP contribution in [0.2, 0.25) is 0 Å². The van der Waals surface area contributed by atoms with Gasteiger partial charge in [-0.1, -0.05) is 38.1 Å². The van der Waals surface area contributed by atoms with E-state index in [-0.39, 0.29) is 5.41 Å². The quantitative estimate of drug-likeness (QED) is 0.159. The fourth-order valence-corrected chi connectivity index (χ4v) is 4.95. The van der Waals surface area contributed by atoms with Crippen LogP contribution in [0, 0.1) is 27.7 Å². The van der Waals surface area contributed by atoms with Gasteiger partial charge in [-0.05, 0) is 116 Å². The maximum atomic E-state index is 10.5. The van der Waals surface area contributed by atoms with Crippen molar-refractivity contribution in [3.63, 3.8) is 0 Å². The van der Waals surface area contributed by atoms with Crippen molar-refractivity contribution < 1.29 is 19.1 Å². The number of carbonyl (C=O) groups excluding carboxylic acids is 2. The molecule has 0 spiro atoms. The van der Waals surface area contributed by atoms with Crippen molar-refractivity contribution in [2.75, 3.05) is 0 Å². The Bertz CT molecular complexity index is 1460. The van der Waals surface area contributed by atoms with Gasteiger partial charge in [0, 0.05) is 5.41 Å². The molecule has 202 valence electrons. The molecule has 0 fully saturated rings. The van der Waals surface area contributed by atoms with Gasteiger partial charge in [0.15, 0.2) is 0 Å². The first-order chi connectivity index (χ1) is 19.2. The van der Waals surface area contributed by atoms with Gasteiger partial charge in [0.1, 0.15) is 23.0 Å². The fraction of sp³-hybridized carbons (Fsp3) is 0.235. The highest BCUT2D eigenvalue weighted by Gasteiger charge is 2.29. The van der Waals surface area contributed by atoms with Gasteiger partial charge in [0.05, 0.1) is 11.4 Å². The minimum absolute atomic E-state index is 0.231. The smallest absolute Gasteiger partial charge is 0.240 e. The standard InChI is InChI=1S/C34H32N2O4/c1-7-34(6,26-16-22(2)32(23(3)17-26)39-30-12-8-28(9-13-30)35-20-37)27-18-24(4)33(25(5)19-27)40-31-14-10-29(11-15-31)36-21-38/h8-19H,7H2,1-6H3. The summed E-state index contributed by atoms with van der Waals surface area (Å²) in [7, 11) is 0. The van der Waals surface area contributed by atoms with E-state index in [2.05, 4.69) is 75.8 Å². The summed E-state index contributed by atoms with van der Waals surface area (Å²) in [5, 5.41) is 0. The summed E-state index contributed by atoms with van der Waals surface area (Å²) in [6, 6.07) is 22.9. The molecule has 0 aliphatic heterocycles. The van der Waals surface area contributed by atoms with E-state index in [9.17, 15) is 9.59 Å². The number of aliphatic imine (C=N–C) groups is 2. The predicted octanol–water partition coefficient (Wildman–Crippen LogP) is 9.16. The zero-order valence-electron chi connectivity index (χ0n) is 23.7. The zero-order chi connectivity index (χ0) is 28.9. The lowest BCUT2D eigenvalue weighted by atomic mass is 9.72. The van der Waals surface area contributed by atoms with Crippen LogP contribution in [-0.2, 0) is 15.0 Å². The molecule has 4 aromatic carbocycles. The second-order valence-electron chi connectivity index (χ2n) is 10.2. The van der Waals surface area contributed by atoms with Crippen molar-refractivity contribution in [3.8, 4) is 23.0 Å². The molecular weight excluding hydrogens is 500 g/mol. The Morgan fingerprint density at radius 3 is 1.23 bits per heavy atom. The van der Waals surface area contributed by atoms with Gasteiger partial charge in [0.25, 0.3) is 0 Å². The lowest BCUT2D eigenvalue weighted by Gasteiger charge is -2.32. The average Bonchev–Trinajstić information content (AvgIpc) is 2.94. The van der Waals surface area contributed by atoms with Crippen LogP contribution in [0.25, 0.3) is 0 Å². The summed E-state index contributed by atoms with van der Waals surface area (Å²) in [6.07, 6.45) is 4.01. The minimum Gasteiger partial charge on any atom is -0.457 e. The maximum Gasteiger partial charge on any atom is 0.240 e. The van der Waals surface area contributed by atoms with Crippen LogP contribution in [0.5, 0.6) is 23.0 Å². The van der Waals surface area contributed by atoms with Crippen molar-refractivity contribution in [1.29, 1.82) is 0 Å². The Balaban J connectivity index is 1.64. The third kappa shape index (κ3) is 5.94. The molecule has 0 aliphatic carbocycles. The van der Waals surface area contributed by atoms with E-state index in [0.29, 0.717) is 22.9 Å². The molecule has 0 unspecified atom stereocenters. The molecular formula is C34H32N2O4. The number of aryl methyl sites for hydroxylation is 4. The summed E-state index contributed by atoms with van der Waals surface area (Å²) in [4.78, 5) is 28.3. The van der Waals surface area contributed by atoms with Crippen molar-refractivity contribution in [3.05, 3.63) is 106 Å². The molecule has 0 aliphatic rings. The maximum absolute atomic E-state index is 10.5. The van der Waals surface area contributed by atoms with E-state index in [4.69, 9.17) is 9.47 Å². The Labute approximate surface area is 235 Å². The van der Waals surface area contributed by atoms with Gasteiger partial charge in [-0.25, -0.2) is 9.59 Å². The van der Waals surface area contributed by atoms with E-state index < -0.39 is 0 Å². The molecule has 40 heavy (non-hydrogen) atoms. The molecule has 6 heteroatoms. The first-order valence-corrected chi connectivity index (χ1v) is 13.1. The zero-order valence-corrected chi connectivity index (χ0v) is 23.7. The summed E-state index contributed by atoms with van der Waals surface area (Å²) in [5.74, 6) is 2.98. The molecule has 0 heterocycles. The fourth-order valence-electron chi connectivity index (χ4n) is 4.95. The highest BCUT2D eigenvalue weighted by atomic mass is 16.5. The average molecular weight is 533 g/mol. The normalized spacial score (nSPS) is 12.1. The molecule has 0 saturated heterocycles. The predicted molar refractivity (Wildman–Crippen MR) is 157 cm³/mol. The number of benzene rings is 4. The topological polar surface area (TPSA) is 77.3 Å². The van der Waals surface area contributed by atoms with E-state index in [1.54, 1.807) is 60.7 Å².